The Kier molecular flexibility index (Phi) is 7.23. The molecular weight excluding hydrogens is 641 g/mol. The van der Waals surface area contributed by atoms with E-state index in [1.807, 2.05) is 12.1 Å². The van der Waals surface area contributed by atoms with Crippen molar-refractivity contribution < 1.29 is 0 Å². The second-order valence-electron chi connectivity index (χ2n) is 13.6. The van der Waals surface area contributed by atoms with E-state index in [4.69, 9.17) is 6.57 Å². The first kappa shape index (κ1) is 30.6. The molecule has 0 aliphatic heterocycles. The fourth-order valence-electron chi connectivity index (χ4n) is 8.22. The fraction of sp³-hybridized carbons (Fsp3) is 0. The van der Waals surface area contributed by atoms with Gasteiger partial charge in [-0.25, -0.2) is 4.85 Å². The number of nitrogens with zero attached hydrogens (tertiary/aromatic N) is 2. The molecule has 2 nitrogen and oxygen atoms in total. The second-order valence-corrected chi connectivity index (χ2v) is 13.6. The Hall–Kier alpha value is -7.21. The maximum Gasteiger partial charge on any atom is 0.189 e. The van der Waals surface area contributed by atoms with Crippen LogP contribution >= 0.6 is 0 Å². The summed E-state index contributed by atoms with van der Waals surface area (Å²) < 4.78 is 2.28. The summed E-state index contributed by atoms with van der Waals surface area (Å²) in [5.74, 6) is 0. The Labute approximate surface area is 308 Å². The van der Waals surface area contributed by atoms with E-state index < -0.39 is 0 Å². The van der Waals surface area contributed by atoms with E-state index in [2.05, 4.69) is 191 Å². The third-order valence-electron chi connectivity index (χ3n) is 10.6. The molecule has 2 heteroatoms. The predicted octanol–water partition coefficient (Wildman–Crippen LogP) is 14.3. The molecule has 9 aromatic carbocycles. The van der Waals surface area contributed by atoms with E-state index >= 15 is 0 Å². The topological polar surface area (TPSA) is 9.29 Å². The Morgan fingerprint density at radius 3 is 1.34 bits per heavy atom. The molecule has 0 spiro atoms. The number of rotatable bonds is 5. The summed E-state index contributed by atoms with van der Waals surface area (Å²) in [6, 6.07) is 69.2. The van der Waals surface area contributed by atoms with Crippen LogP contribution in [0.25, 0.3) is 98.4 Å². The quantitative estimate of drug-likeness (QED) is 0.127. The first-order valence-electron chi connectivity index (χ1n) is 18.0. The van der Waals surface area contributed by atoms with Gasteiger partial charge < -0.3 is 4.57 Å². The van der Waals surface area contributed by atoms with E-state index in [9.17, 15) is 0 Å². The molecule has 0 aliphatic carbocycles. The van der Waals surface area contributed by atoms with Crippen LogP contribution in [-0.4, -0.2) is 4.57 Å². The van der Waals surface area contributed by atoms with Crippen molar-refractivity contribution in [2.75, 3.05) is 0 Å². The molecule has 0 saturated carbocycles. The van der Waals surface area contributed by atoms with Crippen molar-refractivity contribution in [3.63, 3.8) is 0 Å². The van der Waals surface area contributed by atoms with Gasteiger partial charge in [-0.1, -0.05) is 158 Å². The molecule has 0 amide bonds. The molecule has 0 bridgehead atoms. The van der Waals surface area contributed by atoms with Crippen LogP contribution in [0.4, 0.5) is 5.69 Å². The minimum Gasteiger partial charge on any atom is -0.310 e. The van der Waals surface area contributed by atoms with Crippen molar-refractivity contribution in [3.8, 4) is 50.2 Å². The zero-order valence-electron chi connectivity index (χ0n) is 28.9. The first-order valence-corrected chi connectivity index (χ1v) is 18.0. The zero-order valence-corrected chi connectivity index (χ0v) is 28.9. The smallest absolute Gasteiger partial charge is 0.189 e. The van der Waals surface area contributed by atoms with Crippen LogP contribution in [0.3, 0.4) is 0 Å². The maximum absolute atomic E-state index is 7.96. The first-order chi connectivity index (χ1) is 26.2. The molecule has 0 fully saturated rings. The highest BCUT2D eigenvalue weighted by molar-refractivity contribution is 6.21. The SMILES string of the molecule is [C-]#[N+]c1cc(-c2ccc(-c3cccc(-c4c5ccccc5c(-c5ccccc5)c5ccccc45)c3)cc2)cc(-n2c3ccccc3c3ccccc32)c1. The molecule has 246 valence electrons. The van der Waals surface area contributed by atoms with Gasteiger partial charge in [0.25, 0.3) is 0 Å². The number of hydrogen-bond donors (Lipinski definition) is 0. The monoisotopic (exact) mass is 672 g/mol. The maximum atomic E-state index is 7.96. The molecule has 1 aromatic heterocycles. The van der Waals surface area contributed by atoms with Crippen LogP contribution in [0.5, 0.6) is 0 Å². The van der Waals surface area contributed by atoms with Crippen LogP contribution in [0.15, 0.2) is 194 Å². The van der Waals surface area contributed by atoms with Gasteiger partial charge in [-0.05, 0) is 102 Å². The fourth-order valence-corrected chi connectivity index (χ4v) is 8.22. The summed E-state index contributed by atoms with van der Waals surface area (Å²) in [6.07, 6.45) is 0. The molecule has 1 heterocycles. The van der Waals surface area contributed by atoms with Crippen molar-refractivity contribution in [1.29, 1.82) is 0 Å². The number of aromatic nitrogens is 1. The van der Waals surface area contributed by atoms with Gasteiger partial charge in [-0.3, -0.25) is 0 Å². The molecule has 0 unspecified atom stereocenters. The van der Waals surface area contributed by atoms with Crippen molar-refractivity contribution in [2.24, 2.45) is 0 Å². The minimum atomic E-state index is 0.619. The van der Waals surface area contributed by atoms with Crippen LogP contribution in [0.2, 0.25) is 0 Å². The Balaban J connectivity index is 1.07. The number of para-hydroxylation sites is 2. The largest absolute Gasteiger partial charge is 0.310 e. The van der Waals surface area contributed by atoms with Gasteiger partial charge in [0, 0.05) is 16.5 Å². The van der Waals surface area contributed by atoms with Crippen LogP contribution in [-0.2, 0) is 0 Å². The summed E-state index contributed by atoms with van der Waals surface area (Å²) >= 11 is 0. The molecule has 0 aliphatic rings. The molecule has 0 saturated heterocycles. The van der Waals surface area contributed by atoms with Gasteiger partial charge in [-0.15, -0.1) is 0 Å². The summed E-state index contributed by atoms with van der Waals surface area (Å²) in [7, 11) is 0. The lowest BCUT2D eigenvalue weighted by Gasteiger charge is -2.18. The Morgan fingerprint density at radius 1 is 0.321 bits per heavy atom. The van der Waals surface area contributed by atoms with Crippen LogP contribution in [0.1, 0.15) is 0 Å². The lowest BCUT2D eigenvalue weighted by Crippen LogP contribution is -1.94. The second kappa shape index (κ2) is 12.5. The molecule has 10 rings (SSSR count). The molecular formula is C51H32N2. The standard InChI is InChI=1S/C51H32N2/c1-52-40-31-39(32-41(33-40)53-48-24-11-9-18-42(48)43-19-10-12-25-49(43)53)35-28-26-34(27-29-35)37-16-13-17-38(30-37)51-46-22-7-5-20-44(46)50(36-14-3-2-4-15-36)45-21-6-8-23-47(45)51/h2-33H. The third-order valence-corrected chi connectivity index (χ3v) is 10.6. The van der Waals surface area contributed by atoms with Gasteiger partial charge in [0.2, 0.25) is 0 Å². The van der Waals surface area contributed by atoms with E-state index in [1.165, 1.54) is 54.6 Å². The summed E-state index contributed by atoms with van der Waals surface area (Å²) in [6.45, 7) is 7.96. The zero-order chi connectivity index (χ0) is 35.3. The van der Waals surface area contributed by atoms with Crippen molar-refractivity contribution in [2.45, 2.75) is 0 Å². The lowest BCUT2D eigenvalue weighted by atomic mass is 9.85. The van der Waals surface area contributed by atoms with Crippen LogP contribution < -0.4 is 0 Å². The summed E-state index contributed by atoms with van der Waals surface area (Å²) in [5.41, 5.74) is 13.2. The van der Waals surface area contributed by atoms with Gasteiger partial charge in [0.15, 0.2) is 5.69 Å². The molecule has 53 heavy (non-hydrogen) atoms. The van der Waals surface area contributed by atoms with Crippen molar-refractivity contribution in [1.82, 2.24) is 4.57 Å². The highest BCUT2D eigenvalue weighted by Gasteiger charge is 2.17. The average Bonchev–Trinajstić information content (AvgIpc) is 3.57. The summed E-state index contributed by atoms with van der Waals surface area (Å²) in [5, 5.41) is 7.41. The van der Waals surface area contributed by atoms with Crippen LogP contribution in [0, 0.1) is 6.57 Å². The highest BCUT2D eigenvalue weighted by Crippen LogP contribution is 2.44. The predicted molar refractivity (Wildman–Crippen MR) is 224 cm³/mol. The number of fused-ring (bicyclic) bond motifs is 5. The normalized spacial score (nSPS) is 11.4. The van der Waals surface area contributed by atoms with Gasteiger partial charge in [-0.2, -0.15) is 0 Å². The molecule has 0 atom stereocenters. The Morgan fingerprint density at radius 2 is 0.774 bits per heavy atom. The van der Waals surface area contributed by atoms with E-state index in [1.54, 1.807) is 0 Å². The van der Waals surface area contributed by atoms with E-state index in [0.717, 1.165) is 39.0 Å². The van der Waals surface area contributed by atoms with Gasteiger partial charge in [0.05, 0.1) is 17.6 Å². The minimum absolute atomic E-state index is 0.619. The van der Waals surface area contributed by atoms with Gasteiger partial charge >= 0.3 is 0 Å². The van der Waals surface area contributed by atoms with E-state index in [-0.39, 0.29) is 0 Å². The number of hydrogen-bond acceptors (Lipinski definition) is 0. The summed E-state index contributed by atoms with van der Waals surface area (Å²) in [4.78, 5) is 3.89. The van der Waals surface area contributed by atoms with Gasteiger partial charge in [0.1, 0.15) is 0 Å². The van der Waals surface area contributed by atoms with Crippen molar-refractivity contribution >= 4 is 49.0 Å². The third kappa shape index (κ3) is 5.10. The lowest BCUT2D eigenvalue weighted by molar-refractivity contribution is 1.18. The molecule has 0 N–H and O–H groups in total. The average molecular weight is 673 g/mol. The van der Waals surface area contributed by atoms with Crippen molar-refractivity contribution in [3.05, 3.63) is 206 Å². The van der Waals surface area contributed by atoms with E-state index in [0.29, 0.717) is 5.69 Å². The Bertz CT molecular complexity index is 2940. The number of benzene rings is 9. The molecule has 10 aromatic rings. The highest BCUT2D eigenvalue weighted by atomic mass is 15.0. The molecule has 0 radical (unpaired) electrons.